The Balaban J connectivity index is 2.44. The van der Waals surface area contributed by atoms with Crippen molar-refractivity contribution in [3.63, 3.8) is 0 Å². The number of halogens is 2. The fourth-order valence-electron chi connectivity index (χ4n) is 1.57. The summed E-state index contributed by atoms with van der Waals surface area (Å²) in [6.45, 7) is 0. The number of benzene rings is 2. The van der Waals surface area contributed by atoms with Crippen LogP contribution in [0.4, 0.5) is 0 Å². The second kappa shape index (κ2) is 4.48. The van der Waals surface area contributed by atoms with Gasteiger partial charge in [0.25, 0.3) is 0 Å². The first-order valence-corrected chi connectivity index (χ1v) is 8.58. The molecule has 0 aliphatic rings. The molecule has 0 N–H and O–H groups in total. The van der Waals surface area contributed by atoms with E-state index in [1.54, 1.807) is 0 Å². The van der Waals surface area contributed by atoms with E-state index in [2.05, 4.69) is 81.6 Å². The summed E-state index contributed by atoms with van der Waals surface area (Å²) in [4.78, 5) is 4.70. The van der Waals surface area contributed by atoms with Crippen LogP contribution in [0.2, 0.25) is 0 Å². The summed E-state index contributed by atoms with van der Waals surface area (Å²) in [5.74, 6) is 0. The van der Waals surface area contributed by atoms with E-state index in [1.165, 1.54) is 15.7 Å². The summed E-state index contributed by atoms with van der Waals surface area (Å²) < 4.78 is 5.38. The molecule has 0 radical (unpaired) electrons. The first kappa shape index (κ1) is 11.3. The molecule has 3 rings (SSSR count). The van der Waals surface area contributed by atoms with Gasteiger partial charge in [-0.3, -0.25) is 0 Å². The Kier molecular flexibility index (Phi) is 3.17. The van der Waals surface area contributed by atoms with Gasteiger partial charge in [0.05, 0.1) is 0 Å². The molecule has 0 unspecified atom stereocenters. The molecular weight excluding hydrogens is 491 g/mol. The third-order valence-electron chi connectivity index (χ3n) is 2.30. The van der Waals surface area contributed by atoms with Crippen LogP contribution >= 0.6 is 45.2 Å². The average molecular weight is 497 g/mol. The van der Waals surface area contributed by atoms with Gasteiger partial charge < -0.3 is 0 Å². The second-order valence-electron chi connectivity index (χ2n) is 3.44. The summed E-state index contributed by atoms with van der Waals surface area (Å²) in [6.07, 6.45) is 0. The van der Waals surface area contributed by atoms with Gasteiger partial charge in [-0.25, -0.2) is 0 Å². The van der Waals surface area contributed by atoms with Crippen molar-refractivity contribution in [3.05, 3.63) is 43.5 Å². The predicted octanol–water partition coefficient (Wildman–Crippen LogP) is 3.94. The van der Waals surface area contributed by atoms with Gasteiger partial charge in [0.15, 0.2) is 0 Å². The molecular formula is C12H6I2NSe+. The fraction of sp³-hybridized carbons (Fsp3) is 0. The molecule has 0 saturated heterocycles. The molecule has 78 valence electrons. The SMILES string of the molecule is Ic1ccc2nc3ccc(I)cc3[se+]c2c1. The quantitative estimate of drug-likeness (QED) is 0.261. The molecule has 0 atom stereocenters. The van der Waals surface area contributed by atoms with Gasteiger partial charge in [0.1, 0.15) is 0 Å². The van der Waals surface area contributed by atoms with Crippen LogP contribution in [0, 0.1) is 7.14 Å². The molecule has 0 fully saturated rings. The van der Waals surface area contributed by atoms with E-state index in [0.717, 1.165) is 11.0 Å². The van der Waals surface area contributed by atoms with Crippen LogP contribution in [0.5, 0.6) is 0 Å². The zero-order chi connectivity index (χ0) is 11.1. The molecule has 3 aromatic rings. The maximum atomic E-state index is 4.70. The first-order chi connectivity index (χ1) is 7.72. The zero-order valence-electron chi connectivity index (χ0n) is 8.08. The second-order valence-corrected chi connectivity index (χ2v) is 8.20. The van der Waals surface area contributed by atoms with Crippen molar-refractivity contribution in [2.45, 2.75) is 0 Å². The normalized spacial score (nSPS) is 11.1. The van der Waals surface area contributed by atoms with Crippen molar-refractivity contribution in [1.29, 1.82) is 0 Å². The molecule has 1 heterocycles. The van der Waals surface area contributed by atoms with Gasteiger partial charge in [-0.1, -0.05) is 0 Å². The Bertz CT molecular complexity index is 640. The number of hydrogen-bond donors (Lipinski definition) is 0. The van der Waals surface area contributed by atoms with Gasteiger partial charge in [-0.05, 0) is 0 Å². The van der Waals surface area contributed by atoms with Gasteiger partial charge in [0, 0.05) is 0 Å². The Morgan fingerprint density at radius 1 is 0.812 bits per heavy atom. The molecule has 16 heavy (non-hydrogen) atoms. The van der Waals surface area contributed by atoms with E-state index in [-0.39, 0.29) is 0 Å². The maximum absolute atomic E-state index is 4.70. The Hall–Kier alpha value is 0.219. The Morgan fingerprint density at radius 2 is 1.31 bits per heavy atom. The van der Waals surface area contributed by atoms with E-state index in [0.29, 0.717) is 14.5 Å². The third kappa shape index (κ3) is 2.12. The van der Waals surface area contributed by atoms with E-state index in [9.17, 15) is 0 Å². The zero-order valence-corrected chi connectivity index (χ0v) is 14.1. The van der Waals surface area contributed by atoms with Crippen molar-refractivity contribution in [2.24, 2.45) is 0 Å². The summed E-state index contributed by atoms with van der Waals surface area (Å²) in [5, 5.41) is 0. The van der Waals surface area contributed by atoms with Crippen molar-refractivity contribution in [1.82, 2.24) is 4.98 Å². The summed E-state index contributed by atoms with van der Waals surface area (Å²) in [6, 6.07) is 13.0. The van der Waals surface area contributed by atoms with Crippen LogP contribution in [0.15, 0.2) is 36.4 Å². The van der Waals surface area contributed by atoms with E-state index in [4.69, 9.17) is 4.98 Å². The van der Waals surface area contributed by atoms with Crippen LogP contribution in [0.1, 0.15) is 0 Å². The van der Waals surface area contributed by atoms with E-state index in [1.807, 2.05) is 0 Å². The monoisotopic (exact) mass is 498 g/mol. The Morgan fingerprint density at radius 3 is 1.81 bits per heavy atom. The van der Waals surface area contributed by atoms with Gasteiger partial charge in [-0.15, -0.1) is 0 Å². The van der Waals surface area contributed by atoms with Gasteiger partial charge >= 0.3 is 128 Å². The number of fused-ring (bicyclic) bond motifs is 2. The molecule has 4 heteroatoms. The van der Waals surface area contributed by atoms with Crippen LogP contribution < -0.4 is 0 Å². The predicted molar refractivity (Wildman–Crippen MR) is 86.0 cm³/mol. The minimum atomic E-state index is 0.398. The number of aromatic nitrogens is 1. The van der Waals surface area contributed by atoms with E-state index >= 15 is 0 Å². The van der Waals surface area contributed by atoms with Crippen molar-refractivity contribution in [3.8, 4) is 0 Å². The molecule has 0 aliphatic heterocycles. The van der Waals surface area contributed by atoms with Crippen molar-refractivity contribution in [2.75, 3.05) is 0 Å². The molecule has 0 bridgehead atoms. The molecule has 2 aromatic carbocycles. The third-order valence-corrected chi connectivity index (χ3v) is 5.94. The van der Waals surface area contributed by atoms with Crippen LogP contribution in [-0.4, -0.2) is 19.5 Å². The summed E-state index contributed by atoms with van der Waals surface area (Å²) in [5.41, 5.74) is 2.29. The number of rotatable bonds is 0. The standard InChI is InChI=1S/C12H6I2NSe/c13-7-1-3-9-11(5-7)16-12-6-8(14)2-4-10(12)15-9/h1-6H/q+1. The van der Waals surface area contributed by atoms with E-state index < -0.39 is 0 Å². The topological polar surface area (TPSA) is 12.9 Å². The first-order valence-electron chi connectivity index (χ1n) is 4.71. The summed E-state index contributed by atoms with van der Waals surface area (Å²) >= 11 is 5.12. The minimum absolute atomic E-state index is 0.398. The Labute approximate surface area is 126 Å². The van der Waals surface area contributed by atoms with Crippen LogP contribution in [-0.2, 0) is 0 Å². The van der Waals surface area contributed by atoms with Crippen LogP contribution in [0.3, 0.4) is 0 Å². The molecule has 1 aromatic heterocycles. The van der Waals surface area contributed by atoms with Gasteiger partial charge in [0.2, 0.25) is 0 Å². The molecule has 0 aliphatic carbocycles. The van der Waals surface area contributed by atoms with Crippen molar-refractivity contribution >= 4 is 79.2 Å². The molecule has 0 spiro atoms. The molecule has 0 saturated carbocycles. The number of nitrogens with zero attached hydrogens (tertiary/aromatic N) is 1. The summed E-state index contributed by atoms with van der Waals surface area (Å²) in [7, 11) is 0. The number of hydrogen-bond acceptors (Lipinski definition) is 1. The fourth-order valence-corrected chi connectivity index (χ4v) is 5.70. The van der Waals surface area contributed by atoms with Crippen molar-refractivity contribution < 1.29 is 0 Å². The average Bonchev–Trinajstić information content (AvgIpc) is 2.26. The molecule has 1 nitrogen and oxygen atoms in total. The molecule has 0 amide bonds. The van der Waals surface area contributed by atoms with Gasteiger partial charge in [-0.2, -0.15) is 0 Å². The van der Waals surface area contributed by atoms with Crippen LogP contribution in [0.25, 0.3) is 19.6 Å².